The van der Waals surface area contributed by atoms with Gasteiger partial charge in [0, 0.05) is 18.2 Å². The average Bonchev–Trinajstić information content (AvgIpc) is 3.72. The van der Waals surface area contributed by atoms with E-state index in [0.29, 0.717) is 24.5 Å². The van der Waals surface area contributed by atoms with Crippen molar-refractivity contribution in [3.8, 4) is 5.75 Å². The molecule has 33 heavy (non-hydrogen) atoms. The first-order valence-electron chi connectivity index (χ1n) is 11.6. The van der Waals surface area contributed by atoms with Crippen molar-refractivity contribution in [2.45, 2.75) is 57.5 Å². The van der Waals surface area contributed by atoms with Crippen LogP contribution in [0.1, 0.15) is 72.6 Å². The molecule has 2 aliphatic carbocycles. The number of carbonyl (C=O) groups is 1. The summed E-state index contributed by atoms with van der Waals surface area (Å²) < 4.78 is 6.73. The molecular weight excluding hydrogens is 420 g/mol. The number of pyridine rings is 1. The molecule has 2 aromatic heterocycles. The van der Waals surface area contributed by atoms with E-state index in [4.69, 9.17) is 4.74 Å². The third-order valence-corrected chi connectivity index (χ3v) is 6.51. The molecular formula is C25H28N4O4. The lowest BCUT2D eigenvalue weighted by molar-refractivity contribution is 0.0933. The van der Waals surface area contributed by atoms with Gasteiger partial charge in [0.15, 0.2) is 5.65 Å². The first-order chi connectivity index (χ1) is 16.0. The van der Waals surface area contributed by atoms with Crippen LogP contribution in [0.4, 0.5) is 0 Å². The van der Waals surface area contributed by atoms with E-state index in [1.165, 1.54) is 4.57 Å². The second-order valence-electron chi connectivity index (χ2n) is 9.04. The minimum atomic E-state index is -0.574. The summed E-state index contributed by atoms with van der Waals surface area (Å²) in [6.45, 7) is 2.38. The van der Waals surface area contributed by atoms with E-state index >= 15 is 0 Å². The Hall–Kier alpha value is -3.42. The summed E-state index contributed by atoms with van der Waals surface area (Å²) in [6, 6.07) is 9.29. The van der Waals surface area contributed by atoms with Gasteiger partial charge in [-0.15, -0.1) is 0 Å². The number of aryl methyl sites for hydroxylation is 1. The highest BCUT2D eigenvalue weighted by Crippen LogP contribution is 2.42. The molecule has 1 amide bonds. The predicted molar refractivity (Wildman–Crippen MR) is 125 cm³/mol. The van der Waals surface area contributed by atoms with Crippen LogP contribution in [0.2, 0.25) is 0 Å². The van der Waals surface area contributed by atoms with Crippen LogP contribution in [0.5, 0.6) is 5.75 Å². The van der Waals surface area contributed by atoms with Gasteiger partial charge >= 0.3 is 5.69 Å². The third kappa shape index (κ3) is 4.17. The van der Waals surface area contributed by atoms with Gasteiger partial charge in [-0.1, -0.05) is 19.1 Å². The van der Waals surface area contributed by atoms with Gasteiger partial charge in [-0.05, 0) is 61.8 Å². The molecule has 8 nitrogen and oxygen atoms in total. The van der Waals surface area contributed by atoms with Gasteiger partial charge in [0.05, 0.1) is 24.1 Å². The van der Waals surface area contributed by atoms with Crippen molar-refractivity contribution in [3.05, 3.63) is 68.0 Å². The summed E-state index contributed by atoms with van der Waals surface area (Å²) in [7, 11) is 1.62. The lowest BCUT2D eigenvalue weighted by atomic mass is 10.0. The molecule has 1 atom stereocenters. The molecule has 8 heteroatoms. The number of carbonyl (C=O) groups excluding carboxylic acids is 1. The van der Waals surface area contributed by atoms with E-state index in [1.807, 2.05) is 31.2 Å². The molecule has 0 bridgehead atoms. The number of amides is 1. The summed E-state index contributed by atoms with van der Waals surface area (Å²) in [6.07, 6.45) is 4.78. The van der Waals surface area contributed by atoms with Gasteiger partial charge in [-0.25, -0.2) is 9.78 Å². The molecule has 0 aliphatic heterocycles. The molecule has 2 saturated carbocycles. The fourth-order valence-electron chi connectivity index (χ4n) is 4.42. The summed E-state index contributed by atoms with van der Waals surface area (Å²) in [5.74, 6) is 1.07. The van der Waals surface area contributed by atoms with Crippen molar-refractivity contribution in [3.63, 3.8) is 0 Å². The van der Waals surface area contributed by atoms with E-state index in [1.54, 1.807) is 13.2 Å². The number of aromatic nitrogens is 3. The van der Waals surface area contributed by atoms with E-state index < -0.39 is 11.2 Å². The van der Waals surface area contributed by atoms with Crippen molar-refractivity contribution in [2.75, 3.05) is 7.11 Å². The number of ether oxygens (including phenoxy) is 1. The van der Waals surface area contributed by atoms with Crippen LogP contribution in [-0.2, 0) is 6.54 Å². The summed E-state index contributed by atoms with van der Waals surface area (Å²) in [4.78, 5) is 46.0. The van der Waals surface area contributed by atoms with Crippen molar-refractivity contribution in [1.29, 1.82) is 0 Å². The summed E-state index contributed by atoms with van der Waals surface area (Å²) >= 11 is 0. The fourth-order valence-corrected chi connectivity index (χ4v) is 4.42. The van der Waals surface area contributed by atoms with Crippen LogP contribution < -0.4 is 21.3 Å². The highest BCUT2D eigenvalue weighted by atomic mass is 16.5. The van der Waals surface area contributed by atoms with Crippen LogP contribution in [-0.4, -0.2) is 27.6 Å². The topological polar surface area (TPSA) is 106 Å². The average molecular weight is 449 g/mol. The monoisotopic (exact) mass is 448 g/mol. The van der Waals surface area contributed by atoms with E-state index in [9.17, 15) is 14.4 Å². The molecule has 2 aliphatic rings. The molecule has 5 rings (SSSR count). The Balaban J connectivity index is 1.59. The first-order valence-corrected chi connectivity index (χ1v) is 11.6. The number of H-pyrrole nitrogens is 1. The van der Waals surface area contributed by atoms with Gasteiger partial charge in [0.25, 0.3) is 11.5 Å². The van der Waals surface area contributed by atoms with Crippen LogP contribution in [0.25, 0.3) is 11.0 Å². The Kier molecular flexibility index (Phi) is 5.52. The summed E-state index contributed by atoms with van der Waals surface area (Å²) in [5, 5.41) is 3.35. The zero-order valence-corrected chi connectivity index (χ0v) is 18.9. The number of fused-ring (bicyclic) bond motifs is 1. The molecule has 0 unspecified atom stereocenters. The largest absolute Gasteiger partial charge is 0.497 e. The van der Waals surface area contributed by atoms with Crippen molar-refractivity contribution in [1.82, 2.24) is 19.9 Å². The standard InChI is InChI=1S/C25H28N4O4/c1-3-12-29-22-20(24(31)28-25(29)32)18(13-19(26-22)14-4-5-14)23(30)27-21(15-6-7-15)16-8-10-17(33-2)11-9-16/h8-11,13-15,21H,3-7,12H2,1-2H3,(H,27,30)(H,28,31,32)/t21-/m1/s1. The zero-order chi connectivity index (χ0) is 23.1. The molecule has 0 radical (unpaired) electrons. The minimum absolute atomic E-state index is 0.156. The Morgan fingerprint density at radius 3 is 2.55 bits per heavy atom. The molecule has 0 saturated heterocycles. The van der Waals surface area contributed by atoms with Gasteiger partial charge < -0.3 is 10.1 Å². The van der Waals surface area contributed by atoms with Crippen LogP contribution in [0.3, 0.4) is 0 Å². The second-order valence-corrected chi connectivity index (χ2v) is 9.04. The van der Waals surface area contributed by atoms with Crippen LogP contribution in [0, 0.1) is 5.92 Å². The van der Waals surface area contributed by atoms with Crippen molar-refractivity contribution < 1.29 is 9.53 Å². The van der Waals surface area contributed by atoms with E-state index in [2.05, 4.69) is 15.3 Å². The molecule has 0 spiro atoms. The normalized spacial score (nSPS) is 16.5. The number of aromatic amines is 1. The Morgan fingerprint density at radius 2 is 1.94 bits per heavy atom. The maximum absolute atomic E-state index is 13.6. The molecule has 2 fully saturated rings. The zero-order valence-electron chi connectivity index (χ0n) is 18.9. The number of nitrogens with zero attached hydrogens (tertiary/aromatic N) is 2. The highest BCUT2D eigenvalue weighted by molar-refractivity contribution is 6.05. The first kappa shape index (κ1) is 21.4. The van der Waals surface area contributed by atoms with Crippen molar-refractivity contribution in [2.24, 2.45) is 5.92 Å². The lowest BCUT2D eigenvalue weighted by Gasteiger charge is -2.20. The number of nitrogens with one attached hydrogen (secondary N) is 2. The lowest BCUT2D eigenvalue weighted by Crippen LogP contribution is -2.35. The number of benzene rings is 1. The Bertz CT molecular complexity index is 1320. The van der Waals surface area contributed by atoms with Gasteiger partial charge in [0.1, 0.15) is 5.75 Å². The Labute approximate surface area is 191 Å². The van der Waals surface area contributed by atoms with Gasteiger partial charge in [0.2, 0.25) is 0 Å². The maximum atomic E-state index is 13.6. The van der Waals surface area contributed by atoms with E-state index in [0.717, 1.165) is 42.7 Å². The number of hydrogen-bond acceptors (Lipinski definition) is 5. The van der Waals surface area contributed by atoms with Crippen LogP contribution >= 0.6 is 0 Å². The minimum Gasteiger partial charge on any atom is -0.497 e. The fraction of sp³-hybridized carbons (Fsp3) is 0.440. The predicted octanol–water partition coefficient (Wildman–Crippen LogP) is 3.26. The summed E-state index contributed by atoms with van der Waals surface area (Å²) in [5.41, 5.74) is 1.30. The number of rotatable bonds is 8. The number of hydrogen-bond donors (Lipinski definition) is 2. The Morgan fingerprint density at radius 1 is 1.21 bits per heavy atom. The van der Waals surface area contributed by atoms with Gasteiger partial charge in [-0.3, -0.25) is 19.1 Å². The second kappa shape index (κ2) is 8.50. The number of methoxy groups -OCH3 is 1. The third-order valence-electron chi connectivity index (χ3n) is 6.51. The quantitative estimate of drug-likeness (QED) is 0.550. The molecule has 1 aromatic carbocycles. The molecule has 2 heterocycles. The SMILES string of the molecule is CCCn1c(=O)[nH]c(=O)c2c(C(=O)N[C@@H](c3ccc(OC)cc3)C3CC3)cc(C3CC3)nc21. The van der Waals surface area contributed by atoms with E-state index in [-0.39, 0.29) is 28.8 Å². The van der Waals surface area contributed by atoms with Crippen molar-refractivity contribution >= 4 is 16.9 Å². The molecule has 2 N–H and O–H groups in total. The van der Waals surface area contributed by atoms with Gasteiger partial charge in [-0.2, -0.15) is 0 Å². The van der Waals surface area contributed by atoms with Crippen LogP contribution in [0.15, 0.2) is 39.9 Å². The molecule has 3 aromatic rings. The molecule has 172 valence electrons. The maximum Gasteiger partial charge on any atom is 0.329 e. The smallest absolute Gasteiger partial charge is 0.329 e. The highest BCUT2D eigenvalue weighted by Gasteiger charge is 2.35.